The van der Waals surface area contributed by atoms with Crippen LogP contribution in [0.1, 0.15) is 23.5 Å². The maximum atomic E-state index is 13.5. The fourth-order valence-corrected chi connectivity index (χ4v) is 3.42. The van der Waals surface area contributed by atoms with Gasteiger partial charge in [-0.05, 0) is 12.1 Å². The molecule has 1 N–H and O–H groups in total. The Morgan fingerprint density at radius 2 is 1.61 bits per heavy atom. The van der Waals surface area contributed by atoms with Crippen LogP contribution in [0.4, 0.5) is 17.6 Å². The molecule has 0 radical (unpaired) electrons. The fourth-order valence-electron chi connectivity index (χ4n) is 3.42. The Kier molecular flexibility index (Phi) is 4.34. The van der Waals surface area contributed by atoms with E-state index in [9.17, 15) is 27.5 Å². The van der Waals surface area contributed by atoms with Gasteiger partial charge in [-0.1, -0.05) is 36.4 Å². The molecule has 28 heavy (non-hydrogen) atoms. The number of nitrogens with zero attached hydrogens (tertiary/aromatic N) is 2. The third-order valence-electron chi connectivity index (χ3n) is 4.77. The molecule has 9 heteroatoms. The van der Waals surface area contributed by atoms with E-state index in [0.29, 0.717) is 22.6 Å². The lowest BCUT2D eigenvalue weighted by molar-refractivity contribution is -0.192. The molecule has 2 aliphatic rings. The molecule has 1 atom stereocenters. The zero-order valence-electron chi connectivity index (χ0n) is 14.2. The molecule has 1 amide bonds. The predicted octanol–water partition coefficient (Wildman–Crippen LogP) is 3.73. The lowest BCUT2D eigenvalue weighted by atomic mass is 9.86. The van der Waals surface area contributed by atoms with Gasteiger partial charge < -0.3 is 9.84 Å². The smallest absolute Gasteiger partial charge is 0.287 e. The van der Waals surface area contributed by atoms with Gasteiger partial charge in [-0.3, -0.25) is 4.79 Å². The number of carbonyl (C=O) groups is 1. The summed E-state index contributed by atoms with van der Waals surface area (Å²) in [4.78, 5) is 13.2. The van der Waals surface area contributed by atoms with Crippen LogP contribution < -0.4 is 4.74 Å². The topological polar surface area (TPSA) is 62.1 Å². The second-order valence-corrected chi connectivity index (χ2v) is 6.51. The molecule has 2 aromatic carbocycles. The summed E-state index contributed by atoms with van der Waals surface area (Å²) in [6.45, 7) is 0. The number of para-hydroxylation sites is 2. The third kappa shape index (κ3) is 2.73. The van der Waals surface area contributed by atoms with E-state index in [0.717, 1.165) is 0 Å². The van der Waals surface area contributed by atoms with Crippen molar-refractivity contribution in [2.24, 2.45) is 5.10 Å². The molecule has 2 heterocycles. The van der Waals surface area contributed by atoms with Crippen molar-refractivity contribution in [3.05, 3.63) is 59.7 Å². The van der Waals surface area contributed by atoms with Crippen molar-refractivity contribution >= 4 is 11.6 Å². The molecule has 5 nitrogen and oxygen atoms in total. The second kappa shape index (κ2) is 6.59. The van der Waals surface area contributed by atoms with Crippen LogP contribution in [0.25, 0.3) is 0 Å². The molecule has 146 valence electrons. The van der Waals surface area contributed by atoms with Crippen molar-refractivity contribution in [2.75, 3.05) is 0 Å². The first-order chi connectivity index (χ1) is 13.3. The number of halogens is 4. The van der Waals surface area contributed by atoms with Crippen molar-refractivity contribution in [2.45, 2.75) is 30.9 Å². The summed E-state index contributed by atoms with van der Waals surface area (Å²) < 4.78 is 58.9. The zero-order valence-corrected chi connectivity index (χ0v) is 14.2. The highest BCUT2D eigenvalue weighted by molar-refractivity contribution is 5.96. The average Bonchev–Trinajstić information content (AvgIpc) is 3.05. The molecule has 0 saturated carbocycles. The minimum absolute atomic E-state index is 0.0999. The number of amides is 1. The zero-order chi connectivity index (χ0) is 20.1. The number of fused-ring (bicyclic) bond motifs is 2. The molecular weight excluding hydrogens is 380 g/mol. The van der Waals surface area contributed by atoms with Gasteiger partial charge in [0.15, 0.2) is 0 Å². The first kappa shape index (κ1) is 18.4. The minimum Gasteiger partial charge on any atom is -0.457 e. The van der Waals surface area contributed by atoms with Gasteiger partial charge in [0.1, 0.15) is 17.2 Å². The van der Waals surface area contributed by atoms with Crippen LogP contribution in [0.2, 0.25) is 0 Å². The number of carbonyl (C=O) groups excluding carboxylic acids is 1. The average molecular weight is 394 g/mol. The maximum absolute atomic E-state index is 13.5. The van der Waals surface area contributed by atoms with Gasteiger partial charge in [-0.2, -0.15) is 10.1 Å². The minimum atomic E-state index is -3.48. The summed E-state index contributed by atoms with van der Waals surface area (Å²) in [7, 11) is 0. The number of hydrogen-bond donors (Lipinski definition) is 1. The lowest BCUT2D eigenvalue weighted by Crippen LogP contribution is -2.53. The summed E-state index contributed by atoms with van der Waals surface area (Å²) in [5.74, 6) is -1.52. The molecular formula is C19H14F4N2O3. The highest BCUT2D eigenvalue weighted by Crippen LogP contribution is 2.46. The fraction of sp³-hybridized carbons (Fsp3) is 0.263. The van der Waals surface area contributed by atoms with Gasteiger partial charge in [0.05, 0.1) is 5.92 Å². The van der Waals surface area contributed by atoms with Crippen LogP contribution in [0, 0.1) is 0 Å². The van der Waals surface area contributed by atoms with E-state index in [2.05, 4.69) is 5.10 Å². The quantitative estimate of drug-likeness (QED) is 0.807. The number of aliphatic hydroxyl groups is 1. The molecule has 0 fully saturated rings. The number of benzene rings is 2. The number of ether oxygens (including phenoxy) is 1. The van der Waals surface area contributed by atoms with Crippen LogP contribution in [-0.4, -0.2) is 40.3 Å². The molecule has 0 aromatic heterocycles. The molecule has 0 aliphatic carbocycles. The molecule has 0 unspecified atom stereocenters. The summed E-state index contributed by atoms with van der Waals surface area (Å²) in [5, 5.41) is 13.8. The van der Waals surface area contributed by atoms with E-state index in [-0.39, 0.29) is 5.01 Å². The van der Waals surface area contributed by atoms with Gasteiger partial charge in [0.2, 0.25) is 5.72 Å². The third-order valence-corrected chi connectivity index (χ3v) is 4.77. The number of hydrogen-bond acceptors (Lipinski definition) is 4. The molecule has 2 aromatic rings. The van der Waals surface area contributed by atoms with Crippen LogP contribution in [0.15, 0.2) is 53.6 Å². The summed E-state index contributed by atoms with van der Waals surface area (Å²) >= 11 is 0. The molecule has 0 saturated heterocycles. The van der Waals surface area contributed by atoms with Crippen molar-refractivity contribution in [3.8, 4) is 11.5 Å². The monoisotopic (exact) mass is 394 g/mol. The number of hydrazone groups is 1. The van der Waals surface area contributed by atoms with Gasteiger partial charge in [0.25, 0.3) is 18.8 Å². The Morgan fingerprint density at radius 1 is 1.07 bits per heavy atom. The first-order valence-electron chi connectivity index (χ1n) is 8.38. The van der Waals surface area contributed by atoms with E-state index in [1.807, 2.05) is 0 Å². The first-order valence-corrected chi connectivity index (χ1v) is 8.38. The van der Waals surface area contributed by atoms with E-state index in [1.54, 1.807) is 48.5 Å². The van der Waals surface area contributed by atoms with Crippen LogP contribution in [0.5, 0.6) is 11.5 Å². The molecule has 4 rings (SSSR count). The Morgan fingerprint density at radius 3 is 2.11 bits per heavy atom. The highest BCUT2D eigenvalue weighted by Gasteiger charge is 2.55. The summed E-state index contributed by atoms with van der Waals surface area (Å²) in [5.41, 5.74) is -3.37. The highest BCUT2D eigenvalue weighted by atomic mass is 19.3. The normalized spacial score (nSPS) is 21.4. The van der Waals surface area contributed by atoms with Gasteiger partial charge >= 0.3 is 0 Å². The second-order valence-electron chi connectivity index (χ2n) is 6.51. The maximum Gasteiger partial charge on any atom is 0.287 e. The van der Waals surface area contributed by atoms with Crippen LogP contribution >= 0.6 is 0 Å². The molecule has 2 aliphatic heterocycles. The standard InChI is InChI=1S/C19H14F4N2O3/c20-16(21)12-9-19(27,18(22)23)25(24-12)17(26)15-10-5-1-3-7-13(10)28-14-8-4-2-6-11(14)15/h1-8,15-16,18,27H,9H2/t19-/m1/s1. The number of rotatable bonds is 3. The predicted molar refractivity (Wildman–Crippen MR) is 90.7 cm³/mol. The van der Waals surface area contributed by atoms with Gasteiger partial charge in [0, 0.05) is 17.5 Å². The van der Waals surface area contributed by atoms with E-state index < -0.39 is 42.5 Å². The molecule has 0 spiro atoms. The van der Waals surface area contributed by atoms with Crippen molar-refractivity contribution in [1.82, 2.24) is 5.01 Å². The van der Waals surface area contributed by atoms with Gasteiger partial charge in [-0.25, -0.2) is 17.6 Å². The van der Waals surface area contributed by atoms with E-state index in [1.165, 1.54) is 0 Å². The van der Waals surface area contributed by atoms with E-state index >= 15 is 0 Å². The number of alkyl halides is 4. The summed E-state index contributed by atoms with van der Waals surface area (Å²) in [6.07, 6.45) is -7.78. The summed E-state index contributed by atoms with van der Waals surface area (Å²) in [6, 6.07) is 13.0. The van der Waals surface area contributed by atoms with Crippen molar-refractivity contribution in [3.63, 3.8) is 0 Å². The Hall–Kier alpha value is -2.94. The molecule has 0 bridgehead atoms. The van der Waals surface area contributed by atoms with Crippen molar-refractivity contribution < 1.29 is 32.2 Å². The van der Waals surface area contributed by atoms with Gasteiger partial charge in [-0.15, -0.1) is 0 Å². The SMILES string of the molecule is O=C(C1c2ccccc2Oc2ccccc21)N1N=C(C(F)F)C[C@@]1(O)C(F)F. The Labute approximate surface area is 156 Å². The van der Waals surface area contributed by atoms with Crippen LogP contribution in [0.3, 0.4) is 0 Å². The van der Waals surface area contributed by atoms with Crippen molar-refractivity contribution in [1.29, 1.82) is 0 Å². The Bertz CT molecular complexity index is 920. The Balaban J connectivity index is 1.83. The lowest BCUT2D eigenvalue weighted by Gasteiger charge is -2.34. The van der Waals surface area contributed by atoms with Crippen LogP contribution in [-0.2, 0) is 4.79 Å². The largest absolute Gasteiger partial charge is 0.457 e. The van der Waals surface area contributed by atoms with E-state index in [4.69, 9.17) is 4.74 Å².